The summed E-state index contributed by atoms with van der Waals surface area (Å²) in [4.78, 5) is 2.36. The smallest absolute Gasteiger partial charge is 0.169 e. The van der Waals surface area contributed by atoms with Crippen molar-refractivity contribution in [3.63, 3.8) is 0 Å². The summed E-state index contributed by atoms with van der Waals surface area (Å²) >= 11 is 3.28. The fourth-order valence-electron chi connectivity index (χ4n) is 1.79. The summed E-state index contributed by atoms with van der Waals surface area (Å²) in [6, 6.07) is 3.78. The number of piperazine rings is 1. The molecule has 2 rings (SSSR count). The summed E-state index contributed by atoms with van der Waals surface area (Å²) in [6.07, 6.45) is 0. The van der Waals surface area contributed by atoms with E-state index in [0.717, 1.165) is 43.2 Å². The summed E-state index contributed by atoms with van der Waals surface area (Å²) in [5.74, 6) is 0.848. The molecule has 1 atom stereocenters. The third kappa shape index (κ3) is 3.04. The van der Waals surface area contributed by atoms with Crippen molar-refractivity contribution in [1.29, 1.82) is 0 Å². The van der Waals surface area contributed by atoms with E-state index in [-0.39, 0.29) is 6.04 Å². The van der Waals surface area contributed by atoms with Crippen molar-refractivity contribution in [2.24, 2.45) is 5.73 Å². The Kier molecular flexibility index (Phi) is 3.80. The second kappa shape index (κ2) is 5.12. The first-order valence-electron chi connectivity index (χ1n) is 5.19. The van der Waals surface area contributed by atoms with Gasteiger partial charge < -0.3 is 15.5 Å². The van der Waals surface area contributed by atoms with Crippen LogP contribution in [0.4, 0.5) is 0 Å². The van der Waals surface area contributed by atoms with Crippen molar-refractivity contribution in [3.8, 4) is 0 Å². The Morgan fingerprint density at radius 1 is 1.47 bits per heavy atom. The number of hydrogen-bond acceptors (Lipinski definition) is 4. The number of hydrogen-bond donors (Lipinski definition) is 2. The topological polar surface area (TPSA) is 54.4 Å². The highest BCUT2D eigenvalue weighted by molar-refractivity contribution is 9.10. The summed E-state index contributed by atoms with van der Waals surface area (Å²) in [5.41, 5.74) is 6.06. The molecular formula is C10H16BrN3O. The van der Waals surface area contributed by atoms with Crippen molar-refractivity contribution in [2.75, 3.05) is 32.7 Å². The monoisotopic (exact) mass is 273 g/mol. The molecule has 5 heteroatoms. The Balaban J connectivity index is 1.88. The number of rotatable bonds is 3. The molecule has 1 unspecified atom stereocenters. The second-order valence-corrected chi connectivity index (χ2v) is 4.58. The lowest BCUT2D eigenvalue weighted by Crippen LogP contribution is -2.45. The predicted molar refractivity (Wildman–Crippen MR) is 62.6 cm³/mol. The van der Waals surface area contributed by atoms with E-state index < -0.39 is 0 Å². The molecule has 4 nitrogen and oxygen atoms in total. The van der Waals surface area contributed by atoms with Gasteiger partial charge in [0.25, 0.3) is 0 Å². The van der Waals surface area contributed by atoms with Gasteiger partial charge >= 0.3 is 0 Å². The van der Waals surface area contributed by atoms with Gasteiger partial charge in [-0.1, -0.05) is 0 Å². The Bertz CT molecular complexity index is 309. The molecule has 0 amide bonds. The first-order valence-corrected chi connectivity index (χ1v) is 5.99. The molecule has 1 aromatic rings. The Labute approximate surface area is 97.9 Å². The van der Waals surface area contributed by atoms with E-state index in [2.05, 4.69) is 26.1 Å². The number of nitrogens with zero attached hydrogens (tertiary/aromatic N) is 1. The maximum atomic E-state index is 6.06. The van der Waals surface area contributed by atoms with Crippen LogP contribution in [0.1, 0.15) is 11.8 Å². The molecule has 0 radical (unpaired) electrons. The molecule has 1 fully saturated rings. The van der Waals surface area contributed by atoms with E-state index in [0.29, 0.717) is 0 Å². The van der Waals surface area contributed by atoms with Crippen LogP contribution in [0.5, 0.6) is 0 Å². The molecule has 3 N–H and O–H groups in total. The third-order valence-electron chi connectivity index (χ3n) is 2.62. The molecule has 1 saturated heterocycles. The molecule has 1 aromatic heterocycles. The van der Waals surface area contributed by atoms with E-state index in [9.17, 15) is 0 Å². The molecule has 1 aliphatic heterocycles. The van der Waals surface area contributed by atoms with Crippen LogP contribution in [0.3, 0.4) is 0 Å². The minimum atomic E-state index is -0.0330. The maximum Gasteiger partial charge on any atom is 0.169 e. The third-order valence-corrected chi connectivity index (χ3v) is 3.05. The zero-order chi connectivity index (χ0) is 10.7. The van der Waals surface area contributed by atoms with Crippen LogP contribution in [0.15, 0.2) is 21.2 Å². The highest BCUT2D eigenvalue weighted by Crippen LogP contribution is 2.19. The normalized spacial score (nSPS) is 20.4. The van der Waals surface area contributed by atoms with E-state index >= 15 is 0 Å². The number of nitrogens with one attached hydrogen (secondary N) is 1. The van der Waals surface area contributed by atoms with E-state index in [1.807, 2.05) is 12.1 Å². The largest absolute Gasteiger partial charge is 0.453 e. The first kappa shape index (κ1) is 11.1. The molecule has 0 saturated carbocycles. The van der Waals surface area contributed by atoms with Crippen LogP contribution in [-0.2, 0) is 0 Å². The quantitative estimate of drug-likeness (QED) is 0.861. The molecule has 2 heterocycles. The Hall–Kier alpha value is -0.360. The van der Waals surface area contributed by atoms with Gasteiger partial charge in [0.2, 0.25) is 0 Å². The number of halogens is 1. The molecule has 0 bridgehead atoms. The van der Waals surface area contributed by atoms with Gasteiger partial charge in [0, 0.05) is 32.7 Å². The van der Waals surface area contributed by atoms with E-state index in [1.165, 1.54) is 0 Å². The summed E-state index contributed by atoms with van der Waals surface area (Å²) in [7, 11) is 0. The van der Waals surface area contributed by atoms with Crippen LogP contribution in [-0.4, -0.2) is 37.6 Å². The van der Waals surface area contributed by atoms with E-state index in [1.54, 1.807) is 0 Å². The molecule has 0 spiro atoms. The molecule has 15 heavy (non-hydrogen) atoms. The summed E-state index contributed by atoms with van der Waals surface area (Å²) in [5, 5.41) is 3.32. The highest BCUT2D eigenvalue weighted by Gasteiger charge is 2.16. The lowest BCUT2D eigenvalue weighted by Gasteiger charge is -2.28. The maximum absolute atomic E-state index is 6.06. The fraction of sp³-hybridized carbons (Fsp3) is 0.600. The lowest BCUT2D eigenvalue weighted by molar-refractivity contribution is 0.219. The molecule has 84 valence electrons. The van der Waals surface area contributed by atoms with Crippen molar-refractivity contribution < 1.29 is 4.42 Å². The first-order chi connectivity index (χ1) is 7.25. The van der Waals surface area contributed by atoms with Crippen LogP contribution >= 0.6 is 15.9 Å². The average molecular weight is 274 g/mol. The van der Waals surface area contributed by atoms with Crippen molar-refractivity contribution in [1.82, 2.24) is 10.2 Å². The van der Waals surface area contributed by atoms with Crippen molar-refractivity contribution >= 4 is 15.9 Å². The minimum Gasteiger partial charge on any atom is -0.453 e. The Morgan fingerprint density at radius 2 is 2.20 bits per heavy atom. The lowest BCUT2D eigenvalue weighted by atomic mass is 10.2. The SMILES string of the molecule is NC(CN1CCNCC1)c1ccc(Br)o1. The van der Waals surface area contributed by atoms with Gasteiger partial charge in [0.05, 0.1) is 6.04 Å². The molecule has 0 aromatic carbocycles. The summed E-state index contributed by atoms with van der Waals surface area (Å²) < 4.78 is 6.18. The van der Waals surface area contributed by atoms with Gasteiger partial charge in [-0.15, -0.1) is 0 Å². The van der Waals surface area contributed by atoms with Gasteiger partial charge in [-0.25, -0.2) is 0 Å². The van der Waals surface area contributed by atoms with Crippen LogP contribution < -0.4 is 11.1 Å². The second-order valence-electron chi connectivity index (χ2n) is 3.80. The van der Waals surface area contributed by atoms with E-state index in [4.69, 9.17) is 10.2 Å². The van der Waals surface area contributed by atoms with Crippen LogP contribution in [0.25, 0.3) is 0 Å². The molecule has 0 aliphatic carbocycles. The number of furan rings is 1. The zero-order valence-corrected chi connectivity index (χ0v) is 10.2. The molecule has 1 aliphatic rings. The van der Waals surface area contributed by atoms with Crippen molar-refractivity contribution in [3.05, 3.63) is 22.6 Å². The predicted octanol–water partition coefficient (Wildman–Crippen LogP) is 0.947. The van der Waals surface area contributed by atoms with Gasteiger partial charge in [0.1, 0.15) is 5.76 Å². The molecular weight excluding hydrogens is 258 g/mol. The fourth-order valence-corrected chi connectivity index (χ4v) is 2.11. The standard InChI is InChI=1S/C10H16BrN3O/c11-10-2-1-9(15-10)8(12)7-14-5-3-13-4-6-14/h1-2,8,13H,3-7,12H2. The average Bonchev–Trinajstić information content (AvgIpc) is 2.66. The summed E-state index contributed by atoms with van der Waals surface area (Å²) in [6.45, 7) is 5.09. The van der Waals surface area contributed by atoms with Gasteiger partial charge in [-0.2, -0.15) is 0 Å². The zero-order valence-electron chi connectivity index (χ0n) is 8.58. The number of nitrogens with two attached hydrogens (primary N) is 1. The van der Waals surface area contributed by atoms with Gasteiger partial charge in [0.15, 0.2) is 4.67 Å². The minimum absolute atomic E-state index is 0.0330. The highest BCUT2D eigenvalue weighted by atomic mass is 79.9. The van der Waals surface area contributed by atoms with Crippen LogP contribution in [0, 0.1) is 0 Å². The Morgan fingerprint density at radius 3 is 2.80 bits per heavy atom. The van der Waals surface area contributed by atoms with Crippen LogP contribution in [0.2, 0.25) is 0 Å². The van der Waals surface area contributed by atoms with Crippen molar-refractivity contribution in [2.45, 2.75) is 6.04 Å². The van der Waals surface area contributed by atoms with Gasteiger partial charge in [-0.05, 0) is 28.1 Å². The van der Waals surface area contributed by atoms with Gasteiger partial charge in [-0.3, -0.25) is 4.90 Å².